The predicted molar refractivity (Wildman–Crippen MR) is 176 cm³/mol. The number of pyridine rings is 1. The SMILES string of the molecule is CCOC(=O)c1c(CN(CC)CC)n(-c2ccc(C)cc2)c2ccc(Oc3nccc(Nc4ccc(OC)cc4)c3C#N)cc12. The Morgan fingerprint density at radius 3 is 2.33 bits per heavy atom. The van der Waals surface area contributed by atoms with Crippen molar-refractivity contribution in [1.29, 1.82) is 5.26 Å². The molecule has 5 rings (SSSR count). The van der Waals surface area contributed by atoms with Gasteiger partial charge in [-0.1, -0.05) is 31.5 Å². The minimum absolute atomic E-state index is 0.148. The highest BCUT2D eigenvalue weighted by atomic mass is 16.5. The number of nitrogens with one attached hydrogen (secondary N) is 1. The third-order valence-corrected chi connectivity index (χ3v) is 7.69. The van der Waals surface area contributed by atoms with E-state index in [9.17, 15) is 10.1 Å². The minimum atomic E-state index is -0.394. The first-order chi connectivity index (χ1) is 21.9. The van der Waals surface area contributed by atoms with E-state index in [2.05, 4.69) is 63.9 Å². The van der Waals surface area contributed by atoms with E-state index in [1.54, 1.807) is 26.3 Å². The van der Waals surface area contributed by atoms with Crippen LogP contribution in [0.3, 0.4) is 0 Å². The normalized spacial score (nSPS) is 11.0. The average Bonchev–Trinajstić information content (AvgIpc) is 3.37. The average molecular weight is 604 g/mol. The molecule has 1 N–H and O–H groups in total. The summed E-state index contributed by atoms with van der Waals surface area (Å²) in [7, 11) is 1.61. The van der Waals surface area contributed by atoms with Crippen molar-refractivity contribution >= 4 is 28.2 Å². The molecule has 0 saturated heterocycles. The third-order valence-electron chi connectivity index (χ3n) is 7.69. The molecule has 3 aromatic carbocycles. The number of benzene rings is 3. The van der Waals surface area contributed by atoms with Crippen LogP contribution in [0.2, 0.25) is 0 Å². The van der Waals surface area contributed by atoms with Gasteiger partial charge in [0, 0.05) is 29.5 Å². The zero-order valence-corrected chi connectivity index (χ0v) is 26.3. The monoisotopic (exact) mass is 603 g/mol. The molecule has 45 heavy (non-hydrogen) atoms. The number of nitriles is 1. The molecule has 0 aliphatic carbocycles. The van der Waals surface area contributed by atoms with Gasteiger partial charge in [-0.3, -0.25) is 4.90 Å². The molecule has 0 spiro atoms. The fourth-order valence-corrected chi connectivity index (χ4v) is 5.29. The van der Waals surface area contributed by atoms with Gasteiger partial charge in [-0.05, 0) is 87.6 Å². The van der Waals surface area contributed by atoms with E-state index in [0.717, 1.165) is 47.0 Å². The molecule has 2 aromatic heterocycles. The van der Waals surface area contributed by atoms with Crippen molar-refractivity contribution in [2.45, 2.75) is 34.2 Å². The first-order valence-corrected chi connectivity index (χ1v) is 15.0. The van der Waals surface area contributed by atoms with Crippen molar-refractivity contribution in [2.75, 3.05) is 32.1 Å². The Bertz CT molecular complexity index is 1840. The number of ether oxygens (including phenoxy) is 3. The van der Waals surface area contributed by atoms with E-state index in [1.165, 1.54) is 0 Å². The zero-order chi connectivity index (χ0) is 31.9. The Kier molecular flexibility index (Phi) is 9.66. The van der Waals surface area contributed by atoms with Crippen LogP contribution in [0, 0.1) is 18.3 Å². The van der Waals surface area contributed by atoms with Crippen LogP contribution in [0.25, 0.3) is 16.6 Å². The van der Waals surface area contributed by atoms with Crippen molar-refractivity contribution < 1.29 is 19.0 Å². The van der Waals surface area contributed by atoms with Crippen molar-refractivity contribution in [1.82, 2.24) is 14.5 Å². The molecule has 0 saturated carbocycles. The number of anilines is 2. The van der Waals surface area contributed by atoms with Gasteiger partial charge in [0.05, 0.1) is 36.2 Å². The van der Waals surface area contributed by atoms with E-state index in [4.69, 9.17) is 14.2 Å². The number of hydrogen-bond donors (Lipinski definition) is 1. The Labute approximate surface area is 263 Å². The molecule has 0 radical (unpaired) electrons. The lowest BCUT2D eigenvalue weighted by molar-refractivity contribution is 0.0526. The summed E-state index contributed by atoms with van der Waals surface area (Å²) < 4.78 is 19.2. The number of esters is 1. The summed E-state index contributed by atoms with van der Waals surface area (Å²) in [6.07, 6.45) is 1.58. The zero-order valence-electron chi connectivity index (χ0n) is 26.3. The molecule has 230 valence electrons. The van der Waals surface area contributed by atoms with Gasteiger partial charge in [0.1, 0.15) is 23.1 Å². The molecule has 0 amide bonds. The highest BCUT2D eigenvalue weighted by Gasteiger charge is 2.26. The number of rotatable bonds is 12. The number of hydrogen-bond acceptors (Lipinski definition) is 8. The molecule has 0 aliphatic rings. The van der Waals surface area contributed by atoms with Crippen LogP contribution in [0.5, 0.6) is 17.4 Å². The van der Waals surface area contributed by atoms with Crippen LogP contribution in [0.15, 0.2) is 79.0 Å². The Hall–Kier alpha value is -5.33. The van der Waals surface area contributed by atoms with Gasteiger partial charge in [0.15, 0.2) is 0 Å². The number of carbonyl (C=O) groups is 1. The maximum Gasteiger partial charge on any atom is 0.340 e. The maximum absolute atomic E-state index is 13.6. The number of aryl methyl sites for hydroxylation is 1. The molecule has 0 atom stereocenters. The minimum Gasteiger partial charge on any atom is -0.497 e. The molecular weight excluding hydrogens is 566 g/mol. The molecule has 9 nitrogen and oxygen atoms in total. The summed E-state index contributed by atoms with van der Waals surface area (Å²) >= 11 is 0. The van der Waals surface area contributed by atoms with Crippen LogP contribution < -0.4 is 14.8 Å². The number of aromatic nitrogens is 2. The second kappa shape index (κ2) is 14.0. The lowest BCUT2D eigenvalue weighted by Gasteiger charge is -2.21. The Morgan fingerprint density at radius 1 is 0.978 bits per heavy atom. The van der Waals surface area contributed by atoms with Gasteiger partial charge in [-0.15, -0.1) is 0 Å². The second-order valence-corrected chi connectivity index (χ2v) is 10.5. The molecule has 0 fully saturated rings. The summed E-state index contributed by atoms with van der Waals surface area (Å²) in [6, 6.07) is 25.2. The maximum atomic E-state index is 13.6. The van der Waals surface area contributed by atoms with Crippen LogP contribution in [-0.4, -0.2) is 47.2 Å². The smallest absolute Gasteiger partial charge is 0.340 e. The molecule has 5 aromatic rings. The van der Waals surface area contributed by atoms with Crippen molar-refractivity contribution in [3.05, 3.63) is 101 Å². The van der Waals surface area contributed by atoms with Crippen molar-refractivity contribution in [3.63, 3.8) is 0 Å². The molecule has 0 aliphatic heterocycles. The number of methoxy groups -OCH3 is 1. The van der Waals surface area contributed by atoms with E-state index in [1.807, 2.05) is 49.4 Å². The second-order valence-electron chi connectivity index (χ2n) is 10.5. The van der Waals surface area contributed by atoms with E-state index in [0.29, 0.717) is 28.9 Å². The lowest BCUT2D eigenvalue weighted by Crippen LogP contribution is -2.25. The first-order valence-electron chi connectivity index (χ1n) is 15.0. The highest BCUT2D eigenvalue weighted by Crippen LogP contribution is 2.36. The van der Waals surface area contributed by atoms with Crippen LogP contribution in [0.1, 0.15) is 48.0 Å². The summed E-state index contributed by atoms with van der Waals surface area (Å²) in [4.78, 5) is 20.2. The van der Waals surface area contributed by atoms with Crippen LogP contribution >= 0.6 is 0 Å². The third kappa shape index (κ3) is 6.61. The summed E-state index contributed by atoms with van der Waals surface area (Å²) in [6.45, 7) is 10.5. The highest BCUT2D eigenvalue weighted by molar-refractivity contribution is 6.07. The van der Waals surface area contributed by atoms with Gasteiger partial charge in [-0.2, -0.15) is 5.26 Å². The standard InChI is InChI=1S/C36H37N5O4/c1-6-40(7-2)23-33-34(36(42)44-8-3)29-21-28(17-18-32(29)41(33)26-13-9-24(4)10-14-26)45-35-30(22-37)31(19-20-38-35)39-25-11-15-27(43-5)16-12-25/h9-21H,6-8,23H2,1-5H3,(H,38,39). The lowest BCUT2D eigenvalue weighted by atomic mass is 10.1. The molecule has 2 heterocycles. The van der Waals surface area contributed by atoms with Crippen molar-refractivity contribution in [2.24, 2.45) is 0 Å². The summed E-state index contributed by atoms with van der Waals surface area (Å²) in [5.74, 6) is 0.923. The van der Waals surface area contributed by atoms with E-state index < -0.39 is 5.97 Å². The number of nitrogens with zero attached hydrogens (tertiary/aromatic N) is 4. The largest absolute Gasteiger partial charge is 0.497 e. The first kappa shape index (κ1) is 31.1. The van der Waals surface area contributed by atoms with Crippen LogP contribution in [0.4, 0.5) is 11.4 Å². The Balaban J connectivity index is 1.61. The van der Waals surface area contributed by atoms with Gasteiger partial charge in [-0.25, -0.2) is 9.78 Å². The summed E-state index contributed by atoms with van der Waals surface area (Å²) in [5.41, 5.74) is 5.85. The number of carbonyl (C=O) groups excluding carboxylic acids is 1. The van der Waals surface area contributed by atoms with Gasteiger partial charge in [0.2, 0.25) is 5.88 Å². The fraction of sp³-hybridized carbons (Fsp3) is 0.250. The Morgan fingerprint density at radius 2 is 1.69 bits per heavy atom. The predicted octanol–water partition coefficient (Wildman–Crippen LogP) is 7.77. The molecule has 0 bridgehead atoms. The fourth-order valence-electron chi connectivity index (χ4n) is 5.29. The molecule has 9 heteroatoms. The van der Waals surface area contributed by atoms with Gasteiger partial charge >= 0.3 is 5.97 Å². The van der Waals surface area contributed by atoms with E-state index >= 15 is 0 Å². The molecular formula is C36H37N5O4. The van der Waals surface area contributed by atoms with Crippen molar-refractivity contribution in [3.8, 4) is 29.1 Å². The van der Waals surface area contributed by atoms with Gasteiger partial charge < -0.3 is 24.1 Å². The summed E-state index contributed by atoms with van der Waals surface area (Å²) in [5, 5.41) is 14.1. The van der Waals surface area contributed by atoms with E-state index in [-0.39, 0.29) is 18.1 Å². The molecule has 0 unspecified atom stereocenters. The van der Waals surface area contributed by atoms with Crippen LogP contribution in [-0.2, 0) is 11.3 Å². The number of fused-ring (bicyclic) bond motifs is 1. The van der Waals surface area contributed by atoms with Gasteiger partial charge in [0.25, 0.3) is 0 Å². The quantitative estimate of drug-likeness (QED) is 0.144. The topological polar surface area (TPSA) is 102 Å².